The zero-order valence-corrected chi connectivity index (χ0v) is 17.5. The molecule has 0 bridgehead atoms. The van der Waals surface area contributed by atoms with E-state index < -0.39 is 0 Å². The van der Waals surface area contributed by atoms with E-state index in [0.717, 1.165) is 25.0 Å². The van der Waals surface area contributed by atoms with Crippen molar-refractivity contribution in [1.82, 2.24) is 19.7 Å². The van der Waals surface area contributed by atoms with Crippen molar-refractivity contribution < 1.29 is 9.53 Å². The highest BCUT2D eigenvalue weighted by atomic mass is 32.2. The number of ether oxygens (including phenoxy) is 1. The van der Waals surface area contributed by atoms with E-state index in [1.807, 2.05) is 56.0 Å². The van der Waals surface area contributed by atoms with Crippen LogP contribution < -0.4 is 5.69 Å². The number of nitrogens with one attached hydrogen (secondary N) is 1. The van der Waals surface area contributed by atoms with Crippen LogP contribution in [0, 0.1) is 0 Å². The zero-order chi connectivity index (χ0) is 20.1. The number of carbonyl (C=O) groups is 1. The molecule has 2 aromatic rings. The number of benzene rings is 1. The first-order valence-electron chi connectivity index (χ1n) is 9.58. The summed E-state index contributed by atoms with van der Waals surface area (Å²) in [6.45, 7) is 7.84. The van der Waals surface area contributed by atoms with Gasteiger partial charge in [0.05, 0.1) is 18.4 Å². The van der Waals surface area contributed by atoms with E-state index in [1.165, 1.54) is 11.8 Å². The Bertz CT molecular complexity index is 835. The minimum Gasteiger partial charge on any atom is -0.376 e. The number of hydrogen-bond donors (Lipinski definition) is 1. The molecule has 1 aliphatic heterocycles. The Morgan fingerprint density at radius 2 is 2.11 bits per heavy atom. The van der Waals surface area contributed by atoms with Crippen LogP contribution in [0.2, 0.25) is 0 Å². The quantitative estimate of drug-likeness (QED) is 0.718. The fourth-order valence-corrected chi connectivity index (χ4v) is 4.07. The Morgan fingerprint density at radius 3 is 2.75 bits per heavy atom. The average Bonchev–Trinajstić information content (AvgIpc) is 3.29. The summed E-state index contributed by atoms with van der Waals surface area (Å²) >= 11 is 1.29. The van der Waals surface area contributed by atoms with Crippen LogP contribution in [0.25, 0.3) is 0 Å². The number of amides is 1. The van der Waals surface area contributed by atoms with E-state index >= 15 is 0 Å². The van der Waals surface area contributed by atoms with E-state index in [-0.39, 0.29) is 29.0 Å². The number of nitrogens with zero attached hydrogens (tertiary/aromatic N) is 3. The van der Waals surface area contributed by atoms with Gasteiger partial charge in [0.25, 0.3) is 0 Å². The summed E-state index contributed by atoms with van der Waals surface area (Å²) in [4.78, 5) is 26.9. The van der Waals surface area contributed by atoms with Gasteiger partial charge in [0.2, 0.25) is 5.91 Å². The van der Waals surface area contributed by atoms with Gasteiger partial charge in [0.15, 0.2) is 5.16 Å². The Balaban J connectivity index is 1.67. The van der Waals surface area contributed by atoms with E-state index in [4.69, 9.17) is 4.74 Å². The number of rotatable bonds is 7. The molecule has 28 heavy (non-hydrogen) atoms. The fraction of sp³-hybridized carbons (Fsp3) is 0.550. The van der Waals surface area contributed by atoms with Gasteiger partial charge in [0.1, 0.15) is 0 Å². The van der Waals surface area contributed by atoms with E-state index in [1.54, 1.807) is 4.57 Å². The van der Waals surface area contributed by atoms with Gasteiger partial charge in [-0.2, -0.15) is 0 Å². The molecule has 1 atom stereocenters. The summed E-state index contributed by atoms with van der Waals surface area (Å²) < 4.78 is 7.20. The summed E-state index contributed by atoms with van der Waals surface area (Å²) in [5.74, 6) is 0.236. The summed E-state index contributed by atoms with van der Waals surface area (Å²) in [5.41, 5.74) is 0.518. The van der Waals surface area contributed by atoms with Crippen molar-refractivity contribution in [1.29, 1.82) is 0 Å². The molecule has 0 aliphatic carbocycles. The van der Waals surface area contributed by atoms with Gasteiger partial charge in [0, 0.05) is 18.7 Å². The molecule has 0 spiro atoms. The van der Waals surface area contributed by atoms with Crippen LogP contribution >= 0.6 is 11.8 Å². The summed E-state index contributed by atoms with van der Waals surface area (Å²) in [7, 11) is 0. The van der Waals surface area contributed by atoms with E-state index in [2.05, 4.69) is 10.2 Å². The molecule has 1 aromatic carbocycles. The van der Waals surface area contributed by atoms with Gasteiger partial charge in [-0.1, -0.05) is 42.1 Å². The van der Waals surface area contributed by atoms with Gasteiger partial charge in [-0.25, -0.2) is 9.89 Å². The van der Waals surface area contributed by atoms with Crippen molar-refractivity contribution >= 4 is 17.7 Å². The lowest BCUT2D eigenvalue weighted by molar-refractivity contribution is -0.133. The third-order valence-electron chi connectivity index (χ3n) is 4.75. The number of aromatic nitrogens is 3. The monoisotopic (exact) mass is 404 g/mol. The van der Waals surface area contributed by atoms with Gasteiger partial charge in [-0.05, 0) is 39.2 Å². The third-order valence-corrected chi connectivity index (χ3v) is 5.71. The normalized spacial score (nSPS) is 17.0. The molecule has 1 saturated heterocycles. The Kier molecular flexibility index (Phi) is 6.61. The maximum atomic E-state index is 13.0. The van der Waals surface area contributed by atoms with Crippen LogP contribution in [-0.4, -0.2) is 49.6 Å². The molecule has 1 N–H and O–H groups in total. The SMILES string of the molecule is CC(C)(C)N(Cc1ccccc1)C(=O)CSc1n[nH]c(=O)n1CC1CCCO1. The highest BCUT2D eigenvalue weighted by Gasteiger charge is 2.27. The lowest BCUT2D eigenvalue weighted by Crippen LogP contribution is -2.46. The fourth-order valence-electron chi connectivity index (χ4n) is 3.24. The van der Waals surface area contributed by atoms with Crippen molar-refractivity contribution in [2.75, 3.05) is 12.4 Å². The molecule has 152 valence electrons. The molecule has 2 heterocycles. The summed E-state index contributed by atoms with van der Waals surface area (Å²) in [6, 6.07) is 9.96. The lowest BCUT2D eigenvalue weighted by Gasteiger charge is -2.36. The van der Waals surface area contributed by atoms with Crippen LogP contribution in [0.4, 0.5) is 0 Å². The first-order valence-corrected chi connectivity index (χ1v) is 10.6. The standard InChI is InChI=1S/C20H28N4O3S/c1-20(2,3)24(12-15-8-5-4-6-9-15)17(25)14-28-19-22-21-18(26)23(19)13-16-10-7-11-27-16/h4-6,8-9,16H,7,10-14H2,1-3H3,(H,21,26). The summed E-state index contributed by atoms with van der Waals surface area (Å²) in [5, 5.41) is 7.12. The maximum absolute atomic E-state index is 13.0. The predicted molar refractivity (Wildman–Crippen MR) is 109 cm³/mol. The molecule has 0 saturated carbocycles. The van der Waals surface area contributed by atoms with Crippen LogP contribution in [0.1, 0.15) is 39.2 Å². The molecular weight excluding hydrogens is 376 g/mol. The number of carbonyl (C=O) groups excluding carboxylic acids is 1. The molecule has 1 fully saturated rings. The zero-order valence-electron chi connectivity index (χ0n) is 16.7. The number of thioether (sulfide) groups is 1. The smallest absolute Gasteiger partial charge is 0.344 e. The van der Waals surface area contributed by atoms with Crippen molar-refractivity contribution in [3.8, 4) is 0 Å². The van der Waals surface area contributed by atoms with Crippen LogP contribution in [0.15, 0.2) is 40.3 Å². The van der Waals surface area contributed by atoms with Crippen molar-refractivity contribution in [3.63, 3.8) is 0 Å². The first-order chi connectivity index (χ1) is 13.3. The molecule has 1 aliphatic rings. The van der Waals surface area contributed by atoms with Crippen molar-refractivity contribution in [2.45, 2.75) is 63.5 Å². The lowest BCUT2D eigenvalue weighted by atomic mass is 10.0. The Hall–Kier alpha value is -2.06. The van der Waals surface area contributed by atoms with Crippen LogP contribution in [0.3, 0.4) is 0 Å². The minimum atomic E-state index is -0.309. The largest absolute Gasteiger partial charge is 0.376 e. The maximum Gasteiger partial charge on any atom is 0.344 e. The Morgan fingerprint density at radius 1 is 1.36 bits per heavy atom. The van der Waals surface area contributed by atoms with Gasteiger partial charge >= 0.3 is 5.69 Å². The third kappa shape index (κ3) is 5.26. The molecule has 1 amide bonds. The highest BCUT2D eigenvalue weighted by Crippen LogP contribution is 2.22. The number of hydrogen-bond acceptors (Lipinski definition) is 5. The minimum absolute atomic E-state index is 0.0143. The van der Waals surface area contributed by atoms with Gasteiger partial charge < -0.3 is 9.64 Å². The predicted octanol–water partition coefficient (Wildman–Crippen LogP) is 2.67. The number of H-pyrrole nitrogens is 1. The number of aromatic amines is 1. The highest BCUT2D eigenvalue weighted by molar-refractivity contribution is 7.99. The van der Waals surface area contributed by atoms with Crippen molar-refractivity contribution in [3.05, 3.63) is 46.4 Å². The average molecular weight is 405 g/mol. The topological polar surface area (TPSA) is 80.2 Å². The van der Waals surface area contributed by atoms with Gasteiger partial charge in [-0.3, -0.25) is 9.36 Å². The summed E-state index contributed by atoms with van der Waals surface area (Å²) in [6.07, 6.45) is 1.99. The molecule has 3 rings (SSSR count). The van der Waals surface area contributed by atoms with Crippen LogP contribution in [-0.2, 0) is 22.6 Å². The molecular formula is C20H28N4O3S. The Labute approximate surface area is 169 Å². The molecule has 0 radical (unpaired) electrons. The van der Waals surface area contributed by atoms with Crippen molar-refractivity contribution in [2.24, 2.45) is 0 Å². The molecule has 7 nitrogen and oxygen atoms in total. The second-order valence-electron chi connectivity index (χ2n) is 7.98. The molecule has 8 heteroatoms. The van der Waals surface area contributed by atoms with E-state index in [0.29, 0.717) is 18.2 Å². The first kappa shape index (κ1) is 20.7. The van der Waals surface area contributed by atoms with Crippen LogP contribution in [0.5, 0.6) is 0 Å². The second kappa shape index (κ2) is 8.96. The second-order valence-corrected chi connectivity index (χ2v) is 8.92. The van der Waals surface area contributed by atoms with Gasteiger partial charge in [-0.15, -0.1) is 5.10 Å². The molecule has 1 unspecified atom stereocenters. The molecule has 1 aromatic heterocycles. The van der Waals surface area contributed by atoms with E-state index in [9.17, 15) is 9.59 Å².